The van der Waals surface area contributed by atoms with Crippen LogP contribution in [-0.2, 0) is 9.53 Å². The van der Waals surface area contributed by atoms with E-state index in [1.165, 1.54) is 31.4 Å². The van der Waals surface area contributed by atoms with Gasteiger partial charge in [-0.2, -0.15) is 0 Å². The van der Waals surface area contributed by atoms with Gasteiger partial charge in [0, 0.05) is 12.8 Å². The molecular weight excluding hydrogens is 264 g/mol. The standard InChI is InChI=1S/C13H18N2O5/c1-9(8-20-2)14-13(19)15(7-12(17)18)10-3-5-11(16)6-4-10/h3-6,9,16H,7-8H2,1-2H3,(H,14,19)(H,17,18). The molecule has 0 saturated carbocycles. The van der Waals surface area contributed by atoms with Crippen LogP contribution in [0, 0.1) is 0 Å². The largest absolute Gasteiger partial charge is 0.508 e. The van der Waals surface area contributed by atoms with Crippen LogP contribution >= 0.6 is 0 Å². The summed E-state index contributed by atoms with van der Waals surface area (Å²) in [4.78, 5) is 24.0. The minimum Gasteiger partial charge on any atom is -0.508 e. The number of anilines is 1. The lowest BCUT2D eigenvalue weighted by molar-refractivity contribution is -0.135. The SMILES string of the molecule is COCC(C)NC(=O)N(CC(=O)O)c1ccc(O)cc1. The molecule has 0 aliphatic rings. The van der Waals surface area contributed by atoms with Gasteiger partial charge in [0.2, 0.25) is 0 Å². The van der Waals surface area contributed by atoms with E-state index in [-0.39, 0.29) is 11.8 Å². The number of phenols is 1. The molecule has 20 heavy (non-hydrogen) atoms. The number of aliphatic carboxylic acids is 1. The van der Waals surface area contributed by atoms with Gasteiger partial charge in [0.25, 0.3) is 0 Å². The first-order valence-corrected chi connectivity index (χ1v) is 6.02. The van der Waals surface area contributed by atoms with Gasteiger partial charge in [-0.15, -0.1) is 0 Å². The smallest absolute Gasteiger partial charge is 0.323 e. The molecule has 0 fully saturated rings. The first-order chi connectivity index (χ1) is 9.43. The van der Waals surface area contributed by atoms with Crippen LogP contribution in [-0.4, -0.2) is 48.5 Å². The number of hydrogen-bond donors (Lipinski definition) is 3. The lowest BCUT2D eigenvalue weighted by Crippen LogP contribution is -2.47. The van der Waals surface area contributed by atoms with Crippen molar-refractivity contribution in [3.05, 3.63) is 24.3 Å². The number of aromatic hydroxyl groups is 1. The van der Waals surface area contributed by atoms with E-state index in [9.17, 15) is 14.7 Å². The summed E-state index contributed by atoms with van der Waals surface area (Å²) >= 11 is 0. The molecule has 0 saturated heterocycles. The zero-order chi connectivity index (χ0) is 15.1. The Bertz CT molecular complexity index is 460. The number of benzene rings is 1. The molecule has 1 atom stereocenters. The number of urea groups is 1. The molecule has 0 spiro atoms. The van der Waals surface area contributed by atoms with E-state index in [1.807, 2.05) is 0 Å². The summed E-state index contributed by atoms with van der Waals surface area (Å²) in [6.45, 7) is 1.59. The van der Waals surface area contributed by atoms with E-state index >= 15 is 0 Å². The van der Waals surface area contributed by atoms with E-state index in [4.69, 9.17) is 9.84 Å². The number of carboxylic acids is 1. The number of carboxylic acid groups (broad SMARTS) is 1. The second-order valence-electron chi connectivity index (χ2n) is 4.30. The second kappa shape index (κ2) is 7.34. The summed E-state index contributed by atoms with van der Waals surface area (Å²) in [5.74, 6) is -1.09. The summed E-state index contributed by atoms with van der Waals surface area (Å²) in [6.07, 6.45) is 0. The van der Waals surface area contributed by atoms with Crippen LogP contribution in [0.1, 0.15) is 6.92 Å². The van der Waals surface area contributed by atoms with Crippen LogP contribution in [0.15, 0.2) is 24.3 Å². The van der Waals surface area contributed by atoms with Gasteiger partial charge in [-0.1, -0.05) is 0 Å². The maximum absolute atomic E-state index is 12.1. The lowest BCUT2D eigenvalue weighted by atomic mass is 10.2. The van der Waals surface area contributed by atoms with Gasteiger partial charge in [-0.05, 0) is 31.2 Å². The molecular formula is C13H18N2O5. The summed E-state index contributed by atoms with van der Waals surface area (Å²) in [6, 6.07) is 4.92. The number of carbonyl (C=O) groups excluding carboxylic acids is 1. The van der Waals surface area contributed by atoms with E-state index in [0.29, 0.717) is 12.3 Å². The van der Waals surface area contributed by atoms with Crippen molar-refractivity contribution in [1.29, 1.82) is 0 Å². The molecule has 0 heterocycles. The molecule has 1 rings (SSSR count). The average molecular weight is 282 g/mol. The third-order valence-corrected chi connectivity index (χ3v) is 2.49. The zero-order valence-electron chi connectivity index (χ0n) is 11.4. The molecule has 0 aliphatic carbocycles. The van der Waals surface area contributed by atoms with Crippen molar-refractivity contribution < 1.29 is 24.5 Å². The summed E-state index contributed by atoms with van der Waals surface area (Å²) in [7, 11) is 1.51. The fourth-order valence-corrected chi connectivity index (χ4v) is 1.63. The van der Waals surface area contributed by atoms with E-state index < -0.39 is 18.5 Å². The Kier molecular flexibility index (Phi) is 5.79. The molecule has 0 aromatic heterocycles. The minimum atomic E-state index is -1.13. The topological polar surface area (TPSA) is 99.1 Å². The Morgan fingerprint density at radius 3 is 2.45 bits per heavy atom. The van der Waals surface area contributed by atoms with E-state index in [2.05, 4.69) is 5.32 Å². The number of amides is 2. The molecule has 1 aromatic carbocycles. The van der Waals surface area contributed by atoms with Crippen LogP contribution in [0.25, 0.3) is 0 Å². The number of ether oxygens (including phenoxy) is 1. The lowest BCUT2D eigenvalue weighted by Gasteiger charge is -2.23. The van der Waals surface area contributed by atoms with Gasteiger partial charge in [-0.3, -0.25) is 9.69 Å². The first-order valence-electron chi connectivity index (χ1n) is 6.02. The molecule has 0 aliphatic heterocycles. The van der Waals surface area contributed by atoms with Crippen molar-refractivity contribution in [2.75, 3.05) is 25.2 Å². The van der Waals surface area contributed by atoms with Crippen molar-refractivity contribution in [2.24, 2.45) is 0 Å². The van der Waals surface area contributed by atoms with Crippen molar-refractivity contribution in [3.8, 4) is 5.75 Å². The minimum absolute atomic E-state index is 0.0391. The highest BCUT2D eigenvalue weighted by Crippen LogP contribution is 2.18. The number of nitrogens with zero attached hydrogens (tertiary/aromatic N) is 1. The van der Waals surface area contributed by atoms with Crippen LogP contribution in [0.4, 0.5) is 10.5 Å². The van der Waals surface area contributed by atoms with E-state index in [1.54, 1.807) is 6.92 Å². The number of nitrogens with one attached hydrogen (secondary N) is 1. The third kappa shape index (κ3) is 4.77. The fourth-order valence-electron chi connectivity index (χ4n) is 1.63. The Balaban J connectivity index is 2.85. The van der Waals surface area contributed by atoms with Crippen LogP contribution in [0.3, 0.4) is 0 Å². The molecule has 110 valence electrons. The summed E-state index contributed by atoms with van der Waals surface area (Å²) in [5.41, 5.74) is 0.382. The van der Waals surface area contributed by atoms with E-state index in [0.717, 1.165) is 4.90 Å². The van der Waals surface area contributed by atoms with Crippen molar-refractivity contribution in [1.82, 2.24) is 5.32 Å². The van der Waals surface area contributed by atoms with Crippen LogP contribution in [0.2, 0.25) is 0 Å². The highest BCUT2D eigenvalue weighted by atomic mass is 16.5. The van der Waals surface area contributed by atoms with Crippen LogP contribution in [0.5, 0.6) is 5.75 Å². The van der Waals surface area contributed by atoms with Gasteiger partial charge in [-0.25, -0.2) is 4.79 Å². The Hall–Kier alpha value is -2.28. The molecule has 1 aromatic rings. The molecule has 0 radical (unpaired) electrons. The monoisotopic (exact) mass is 282 g/mol. The zero-order valence-corrected chi connectivity index (χ0v) is 11.4. The second-order valence-corrected chi connectivity index (χ2v) is 4.30. The Morgan fingerprint density at radius 2 is 1.95 bits per heavy atom. The van der Waals surface area contributed by atoms with Gasteiger partial charge in [0.15, 0.2) is 0 Å². The van der Waals surface area contributed by atoms with Gasteiger partial charge in [0.1, 0.15) is 12.3 Å². The number of hydrogen-bond acceptors (Lipinski definition) is 4. The molecule has 7 heteroatoms. The predicted molar refractivity (Wildman–Crippen MR) is 73.0 cm³/mol. The van der Waals surface area contributed by atoms with Gasteiger partial charge >= 0.3 is 12.0 Å². The third-order valence-electron chi connectivity index (χ3n) is 2.49. The quantitative estimate of drug-likeness (QED) is 0.723. The van der Waals surface area contributed by atoms with Crippen molar-refractivity contribution in [3.63, 3.8) is 0 Å². The molecule has 0 bridgehead atoms. The van der Waals surface area contributed by atoms with Gasteiger partial charge in [0.05, 0.1) is 12.6 Å². The highest BCUT2D eigenvalue weighted by molar-refractivity contribution is 5.96. The number of rotatable bonds is 6. The van der Waals surface area contributed by atoms with Crippen LogP contribution < -0.4 is 10.2 Å². The molecule has 7 nitrogen and oxygen atoms in total. The average Bonchev–Trinajstić information content (AvgIpc) is 2.37. The maximum Gasteiger partial charge on any atom is 0.323 e. The van der Waals surface area contributed by atoms with Gasteiger partial charge < -0.3 is 20.3 Å². The Labute approximate surface area is 116 Å². The van der Waals surface area contributed by atoms with Crippen molar-refractivity contribution in [2.45, 2.75) is 13.0 Å². The first kappa shape index (κ1) is 15.8. The Morgan fingerprint density at radius 1 is 1.35 bits per heavy atom. The fraction of sp³-hybridized carbons (Fsp3) is 0.385. The molecule has 2 amide bonds. The molecule has 1 unspecified atom stereocenters. The molecule has 3 N–H and O–H groups in total. The summed E-state index contributed by atoms with van der Waals surface area (Å²) < 4.78 is 4.90. The number of carbonyl (C=O) groups is 2. The summed E-state index contributed by atoms with van der Waals surface area (Å²) in [5, 5.41) is 20.7. The van der Waals surface area contributed by atoms with Crippen molar-refractivity contribution >= 4 is 17.7 Å². The highest BCUT2D eigenvalue weighted by Gasteiger charge is 2.20. The predicted octanol–water partition coefficient (Wildman–Crippen LogP) is 1.03. The normalized spacial score (nSPS) is 11.7. The number of methoxy groups -OCH3 is 1. The number of phenolic OH excluding ortho intramolecular Hbond substituents is 1. The maximum atomic E-state index is 12.1.